The molecule has 0 aliphatic carbocycles. The molecular formula is C16H15N3O6. The van der Waals surface area contributed by atoms with E-state index >= 15 is 0 Å². The van der Waals surface area contributed by atoms with E-state index in [0.717, 1.165) is 4.90 Å². The number of amides is 5. The fourth-order valence-electron chi connectivity index (χ4n) is 2.62. The molecule has 0 bridgehead atoms. The van der Waals surface area contributed by atoms with Crippen molar-refractivity contribution < 1.29 is 28.8 Å². The lowest BCUT2D eigenvalue weighted by Crippen LogP contribution is -2.40. The second-order valence-electron chi connectivity index (χ2n) is 6.18. The summed E-state index contributed by atoms with van der Waals surface area (Å²) in [5.74, 6) is -2.83. The maximum atomic E-state index is 12.1. The molecule has 0 unspecified atom stereocenters. The predicted octanol–water partition coefficient (Wildman–Crippen LogP) is 0.461. The second-order valence-corrected chi connectivity index (χ2v) is 6.18. The van der Waals surface area contributed by atoms with E-state index in [4.69, 9.17) is 4.84 Å². The van der Waals surface area contributed by atoms with Gasteiger partial charge in [0.05, 0.1) is 17.5 Å². The van der Waals surface area contributed by atoms with Crippen molar-refractivity contribution in [2.45, 2.75) is 25.8 Å². The Morgan fingerprint density at radius 1 is 1.08 bits per heavy atom. The number of imide groups is 2. The number of nitrogens with one attached hydrogen (secondary N) is 1. The molecule has 9 nitrogen and oxygen atoms in total. The van der Waals surface area contributed by atoms with Gasteiger partial charge in [0, 0.05) is 6.54 Å². The molecule has 0 saturated carbocycles. The first-order valence-corrected chi connectivity index (χ1v) is 7.55. The molecule has 9 heteroatoms. The predicted molar refractivity (Wildman–Crippen MR) is 82.0 cm³/mol. The first-order valence-electron chi connectivity index (χ1n) is 7.55. The van der Waals surface area contributed by atoms with Crippen molar-refractivity contribution in [1.29, 1.82) is 0 Å². The van der Waals surface area contributed by atoms with Crippen LogP contribution in [0.25, 0.3) is 0 Å². The van der Waals surface area contributed by atoms with Gasteiger partial charge in [0.25, 0.3) is 17.7 Å². The van der Waals surface area contributed by atoms with Gasteiger partial charge in [0.15, 0.2) is 0 Å². The van der Waals surface area contributed by atoms with E-state index in [-0.39, 0.29) is 24.1 Å². The van der Waals surface area contributed by atoms with Crippen LogP contribution in [0.4, 0.5) is 4.79 Å². The molecule has 1 aromatic carbocycles. The molecule has 0 atom stereocenters. The number of fused-ring (bicyclic) bond motifs is 1. The van der Waals surface area contributed by atoms with Gasteiger partial charge in [-0.15, -0.1) is 0 Å². The van der Waals surface area contributed by atoms with Crippen LogP contribution in [0.15, 0.2) is 24.3 Å². The number of rotatable bonds is 4. The van der Waals surface area contributed by atoms with E-state index in [1.54, 1.807) is 26.0 Å². The lowest BCUT2D eigenvalue weighted by Gasteiger charge is -2.16. The molecule has 1 saturated heterocycles. The van der Waals surface area contributed by atoms with Gasteiger partial charge >= 0.3 is 12.0 Å². The minimum Gasteiger partial charge on any atom is -0.330 e. The number of urea groups is 1. The van der Waals surface area contributed by atoms with E-state index in [1.807, 2.05) is 0 Å². The Balaban J connectivity index is 1.61. The van der Waals surface area contributed by atoms with E-state index < -0.39 is 35.3 Å². The van der Waals surface area contributed by atoms with E-state index in [9.17, 15) is 24.0 Å². The van der Waals surface area contributed by atoms with Crippen molar-refractivity contribution >= 4 is 29.7 Å². The molecule has 5 amide bonds. The lowest BCUT2D eigenvalue weighted by molar-refractivity contribution is -0.168. The number of nitrogens with zero attached hydrogens (tertiary/aromatic N) is 2. The van der Waals surface area contributed by atoms with Crippen molar-refractivity contribution in [2.24, 2.45) is 0 Å². The number of hydrogen-bond acceptors (Lipinski definition) is 6. The molecule has 2 heterocycles. The van der Waals surface area contributed by atoms with Gasteiger partial charge in [0.1, 0.15) is 5.54 Å². The van der Waals surface area contributed by atoms with E-state index in [1.165, 1.54) is 12.1 Å². The molecule has 0 spiro atoms. The standard InChI is InChI=1S/C16H15N3O6/c1-16(2)14(23)18(15(24)17-16)8-7-11(20)25-19-12(21)9-5-3-4-6-10(9)13(19)22/h3-6H,7-8H2,1-2H3,(H,17,24). The highest BCUT2D eigenvalue weighted by molar-refractivity contribution is 6.20. The van der Waals surface area contributed by atoms with Crippen molar-refractivity contribution in [1.82, 2.24) is 15.3 Å². The van der Waals surface area contributed by atoms with E-state index in [2.05, 4.69) is 5.32 Å². The molecule has 1 N–H and O–H groups in total. The van der Waals surface area contributed by atoms with Crippen LogP contribution in [-0.4, -0.2) is 51.8 Å². The summed E-state index contributed by atoms with van der Waals surface area (Å²) in [7, 11) is 0. The third kappa shape index (κ3) is 2.73. The summed E-state index contributed by atoms with van der Waals surface area (Å²) in [5, 5.41) is 2.87. The molecular weight excluding hydrogens is 330 g/mol. The minimum atomic E-state index is -1.04. The number of hydrogen-bond donors (Lipinski definition) is 1. The molecule has 0 radical (unpaired) electrons. The van der Waals surface area contributed by atoms with Crippen molar-refractivity contribution in [2.75, 3.05) is 6.54 Å². The summed E-state index contributed by atoms with van der Waals surface area (Å²) >= 11 is 0. The monoisotopic (exact) mass is 345 g/mol. The quantitative estimate of drug-likeness (QED) is 0.626. The summed E-state index contributed by atoms with van der Waals surface area (Å²) in [6.07, 6.45) is -0.345. The molecule has 3 rings (SSSR count). The van der Waals surface area contributed by atoms with Gasteiger partial charge in [-0.2, -0.15) is 0 Å². The summed E-state index contributed by atoms with van der Waals surface area (Å²) in [6.45, 7) is 2.88. The zero-order valence-corrected chi connectivity index (χ0v) is 13.6. The highest BCUT2D eigenvalue weighted by atomic mass is 16.7. The Bertz CT molecular complexity index is 781. The molecule has 0 aromatic heterocycles. The van der Waals surface area contributed by atoms with Crippen LogP contribution in [0.3, 0.4) is 0 Å². The van der Waals surface area contributed by atoms with Crippen LogP contribution in [0.5, 0.6) is 0 Å². The van der Waals surface area contributed by atoms with Gasteiger partial charge in [-0.25, -0.2) is 9.59 Å². The maximum Gasteiger partial charge on any atom is 0.335 e. The lowest BCUT2D eigenvalue weighted by atomic mass is 10.1. The summed E-state index contributed by atoms with van der Waals surface area (Å²) in [4.78, 5) is 65.6. The normalized spacial score (nSPS) is 18.5. The largest absolute Gasteiger partial charge is 0.335 e. The average molecular weight is 345 g/mol. The number of carbonyl (C=O) groups excluding carboxylic acids is 5. The topological polar surface area (TPSA) is 113 Å². The third-order valence-electron chi connectivity index (χ3n) is 3.93. The molecule has 130 valence electrons. The van der Waals surface area contributed by atoms with Crippen LogP contribution in [-0.2, 0) is 14.4 Å². The minimum absolute atomic E-state index is 0.149. The molecule has 2 aliphatic rings. The second kappa shape index (κ2) is 5.69. The first-order chi connectivity index (χ1) is 11.7. The van der Waals surface area contributed by atoms with Crippen LogP contribution >= 0.6 is 0 Å². The maximum absolute atomic E-state index is 12.1. The van der Waals surface area contributed by atoms with Crippen LogP contribution in [0.1, 0.15) is 41.0 Å². The first kappa shape index (κ1) is 16.6. The molecule has 25 heavy (non-hydrogen) atoms. The van der Waals surface area contributed by atoms with Crippen molar-refractivity contribution in [3.05, 3.63) is 35.4 Å². The Hall–Kier alpha value is -3.23. The zero-order chi connectivity index (χ0) is 18.4. The summed E-state index contributed by atoms with van der Waals surface area (Å²) in [5.41, 5.74) is -0.740. The third-order valence-corrected chi connectivity index (χ3v) is 3.93. The van der Waals surface area contributed by atoms with Crippen LogP contribution in [0, 0.1) is 0 Å². The van der Waals surface area contributed by atoms with Gasteiger partial charge in [0.2, 0.25) is 0 Å². The van der Waals surface area contributed by atoms with Crippen molar-refractivity contribution in [3.8, 4) is 0 Å². The average Bonchev–Trinajstić information content (AvgIpc) is 2.91. The Morgan fingerprint density at radius 3 is 2.12 bits per heavy atom. The smallest absolute Gasteiger partial charge is 0.330 e. The molecule has 1 fully saturated rings. The number of carbonyl (C=O) groups is 5. The summed E-state index contributed by atoms with van der Waals surface area (Å²) < 4.78 is 0. The van der Waals surface area contributed by atoms with Gasteiger partial charge in [-0.3, -0.25) is 19.3 Å². The zero-order valence-electron chi connectivity index (χ0n) is 13.6. The van der Waals surface area contributed by atoms with Gasteiger partial charge in [-0.05, 0) is 26.0 Å². The van der Waals surface area contributed by atoms with Gasteiger partial charge < -0.3 is 10.2 Å². The fourth-order valence-corrected chi connectivity index (χ4v) is 2.62. The Kier molecular flexibility index (Phi) is 3.78. The SMILES string of the molecule is CC1(C)NC(=O)N(CCC(=O)ON2C(=O)c3ccccc3C2=O)C1=O. The van der Waals surface area contributed by atoms with Crippen molar-refractivity contribution in [3.63, 3.8) is 0 Å². The Labute approximate surface area is 142 Å². The highest BCUT2D eigenvalue weighted by Gasteiger charge is 2.44. The van der Waals surface area contributed by atoms with Gasteiger partial charge in [-0.1, -0.05) is 17.2 Å². The number of hydroxylamine groups is 2. The van der Waals surface area contributed by atoms with Crippen LogP contribution < -0.4 is 5.32 Å². The fraction of sp³-hybridized carbons (Fsp3) is 0.312. The van der Waals surface area contributed by atoms with E-state index in [0.29, 0.717) is 5.06 Å². The highest BCUT2D eigenvalue weighted by Crippen LogP contribution is 2.23. The Morgan fingerprint density at radius 2 is 1.64 bits per heavy atom. The van der Waals surface area contributed by atoms with Crippen LogP contribution in [0.2, 0.25) is 0 Å². The number of benzene rings is 1. The molecule has 2 aliphatic heterocycles. The summed E-state index contributed by atoms with van der Waals surface area (Å²) in [6, 6.07) is 5.49. The molecule has 1 aromatic rings.